The first-order chi connectivity index (χ1) is 7.72. The van der Waals surface area contributed by atoms with Gasteiger partial charge < -0.3 is 9.40 Å². The maximum atomic E-state index is 5.70. The number of halogens is 2. The third-order valence-electron chi connectivity index (χ3n) is 2.11. The average molecular weight is 299 g/mol. The second-order valence-corrected chi connectivity index (χ2v) is 4.50. The molecule has 1 N–H and O–H groups in total. The molecule has 0 aliphatic heterocycles. The van der Waals surface area contributed by atoms with Crippen LogP contribution in [-0.2, 0) is 0 Å². The number of imidazole rings is 1. The minimum absolute atomic E-state index is 0.338. The van der Waals surface area contributed by atoms with Crippen molar-refractivity contribution in [3.63, 3.8) is 0 Å². The predicted octanol–water partition coefficient (Wildman–Crippen LogP) is 3.63. The summed E-state index contributed by atoms with van der Waals surface area (Å²) in [6, 6.07) is 5.34. The second-order valence-electron chi connectivity index (χ2n) is 3.21. The molecule has 0 radical (unpaired) electrons. The molecule has 0 saturated carbocycles. The standard InChI is InChI=1S/C10H5BrClN3O/c11-5-3-6-9(13-4-5)15-10(14-6)7-1-2-8(12)16-7/h1-4H,(H,13,14,15). The van der Waals surface area contributed by atoms with E-state index in [4.69, 9.17) is 16.0 Å². The number of hydrogen-bond donors (Lipinski definition) is 1. The van der Waals surface area contributed by atoms with Gasteiger partial charge in [-0.2, -0.15) is 0 Å². The molecule has 16 heavy (non-hydrogen) atoms. The van der Waals surface area contributed by atoms with E-state index in [1.54, 1.807) is 18.3 Å². The summed E-state index contributed by atoms with van der Waals surface area (Å²) in [4.78, 5) is 11.6. The van der Waals surface area contributed by atoms with Crippen LogP contribution in [0.25, 0.3) is 22.7 Å². The van der Waals surface area contributed by atoms with Crippen LogP contribution in [0.15, 0.2) is 33.3 Å². The van der Waals surface area contributed by atoms with Crippen LogP contribution in [0.4, 0.5) is 0 Å². The predicted molar refractivity (Wildman–Crippen MR) is 64.3 cm³/mol. The van der Waals surface area contributed by atoms with Gasteiger partial charge in [0, 0.05) is 10.7 Å². The fourth-order valence-electron chi connectivity index (χ4n) is 1.43. The van der Waals surface area contributed by atoms with Gasteiger partial charge in [-0.1, -0.05) is 0 Å². The highest BCUT2D eigenvalue weighted by Gasteiger charge is 2.09. The largest absolute Gasteiger partial charge is 0.441 e. The molecule has 80 valence electrons. The van der Waals surface area contributed by atoms with Crippen LogP contribution in [0.1, 0.15) is 0 Å². The maximum absolute atomic E-state index is 5.70. The molecule has 3 aromatic rings. The second kappa shape index (κ2) is 3.61. The Bertz CT molecular complexity index is 661. The minimum atomic E-state index is 0.338. The summed E-state index contributed by atoms with van der Waals surface area (Å²) in [5.74, 6) is 1.21. The number of rotatable bonds is 1. The van der Waals surface area contributed by atoms with Crippen LogP contribution in [0.2, 0.25) is 5.22 Å². The third-order valence-corrected chi connectivity index (χ3v) is 2.75. The summed E-state index contributed by atoms with van der Waals surface area (Å²) in [5, 5.41) is 0.338. The lowest BCUT2D eigenvalue weighted by molar-refractivity contribution is 0.580. The number of nitrogens with one attached hydrogen (secondary N) is 1. The fourth-order valence-corrected chi connectivity index (χ4v) is 1.91. The van der Waals surface area contributed by atoms with E-state index < -0.39 is 0 Å². The Labute approximate surface area is 104 Å². The van der Waals surface area contributed by atoms with Crippen molar-refractivity contribution in [1.29, 1.82) is 0 Å². The molecule has 0 atom stereocenters. The van der Waals surface area contributed by atoms with Gasteiger partial charge in [0.25, 0.3) is 0 Å². The number of aromatic amines is 1. The fraction of sp³-hybridized carbons (Fsp3) is 0. The van der Waals surface area contributed by atoms with Gasteiger partial charge >= 0.3 is 0 Å². The Hall–Kier alpha value is -1.33. The summed E-state index contributed by atoms with van der Waals surface area (Å²) in [6.45, 7) is 0. The van der Waals surface area contributed by atoms with Crippen LogP contribution >= 0.6 is 27.5 Å². The van der Waals surface area contributed by atoms with E-state index in [0.29, 0.717) is 22.5 Å². The van der Waals surface area contributed by atoms with Crippen LogP contribution in [0.3, 0.4) is 0 Å². The van der Waals surface area contributed by atoms with Crippen molar-refractivity contribution in [2.45, 2.75) is 0 Å². The van der Waals surface area contributed by atoms with Gasteiger partial charge in [0.2, 0.25) is 0 Å². The summed E-state index contributed by atoms with van der Waals surface area (Å²) in [7, 11) is 0. The van der Waals surface area contributed by atoms with Crippen molar-refractivity contribution in [3.05, 3.63) is 34.1 Å². The normalized spacial score (nSPS) is 11.1. The maximum Gasteiger partial charge on any atom is 0.194 e. The zero-order chi connectivity index (χ0) is 11.1. The highest BCUT2D eigenvalue weighted by atomic mass is 79.9. The molecule has 0 spiro atoms. The van der Waals surface area contributed by atoms with Crippen molar-refractivity contribution < 1.29 is 4.42 Å². The zero-order valence-corrected chi connectivity index (χ0v) is 10.2. The number of furan rings is 1. The van der Waals surface area contributed by atoms with Gasteiger partial charge in [0.15, 0.2) is 22.5 Å². The van der Waals surface area contributed by atoms with Crippen molar-refractivity contribution in [1.82, 2.24) is 15.0 Å². The lowest BCUT2D eigenvalue weighted by Gasteiger charge is -1.87. The van der Waals surface area contributed by atoms with Crippen LogP contribution in [-0.4, -0.2) is 15.0 Å². The number of nitrogens with zero attached hydrogens (tertiary/aromatic N) is 2. The first-order valence-electron chi connectivity index (χ1n) is 4.49. The van der Waals surface area contributed by atoms with Gasteiger partial charge in [-0.3, -0.25) is 0 Å². The van der Waals surface area contributed by atoms with E-state index in [1.807, 2.05) is 6.07 Å². The summed E-state index contributed by atoms with van der Waals surface area (Å²) in [5.41, 5.74) is 1.49. The number of H-pyrrole nitrogens is 1. The Kier molecular flexibility index (Phi) is 2.22. The monoisotopic (exact) mass is 297 g/mol. The highest BCUT2D eigenvalue weighted by molar-refractivity contribution is 9.10. The number of hydrogen-bond acceptors (Lipinski definition) is 3. The Morgan fingerprint density at radius 2 is 2.25 bits per heavy atom. The van der Waals surface area contributed by atoms with Gasteiger partial charge in [0.05, 0.1) is 5.52 Å². The lowest BCUT2D eigenvalue weighted by Crippen LogP contribution is -1.75. The SMILES string of the molecule is Clc1ccc(-c2nc3ncc(Br)cc3[nH]2)o1. The summed E-state index contributed by atoms with van der Waals surface area (Å²) >= 11 is 9.05. The average Bonchev–Trinajstić information content (AvgIpc) is 2.83. The first kappa shape index (κ1) is 9.86. The van der Waals surface area contributed by atoms with E-state index in [2.05, 4.69) is 30.9 Å². The smallest absolute Gasteiger partial charge is 0.194 e. The number of aromatic nitrogens is 3. The Morgan fingerprint density at radius 3 is 3.00 bits per heavy atom. The van der Waals surface area contributed by atoms with Gasteiger partial charge in [-0.05, 0) is 45.7 Å². The molecular formula is C10H5BrClN3O. The topological polar surface area (TPSA) is 54.7 Å². The Morgan fingerprint density at radius 1 is 1.38 bits per heavy atom. The summed E-state index contributed by atoms with van der Waals surface area (Å²) in [6.07, 6.45) is 1.70. The van der Waals surface area contributed by atoms with E-state index >= 15 is 0 Å². The molecule has 6 heteroatoms. The number of fused-ring (bicyclic) bond motifs is 1. The molecular weight excluding hydrogens is 293 g/mol. The molecule has 0 unspecified atom stereocenters. The van der Waals surface area contributed by atoms with Crippen LogP contribution in [0, 0.1) is 0 Å². The molecule has 0 amide bonds. The van der Waals surface area contributed by atoms with Gasteiger partial charge in [0.1, 0.15) is 0 Å². The van der Waals surface area contributed by atoms with Crippen molar-refractivity contribution in [2.75, 3.05) is 0 Å². The van der Waals surface area contributed by atoms with E-state index in [0.717, 1.165) is 9.99 Å². The molecule has 0 aliphatic carbocycles. The molecule has 0 aliphatic rings. The highest BCUT2D eigenvalue weighted by Crippen LogP contribution is 2.24. The molecule has 3 heterocycles. The van der Waals surface area contributed by atoms with Crippen molar-refractivity contribution in [2.24, 2.45) is 0 Å². The van der Waals surface area contributed by atoms with E-state index in [-0.39, 0.29) is 0 Å². The number of pyridine rings is 1. The minimum Gasteiger partial charge on any atom is -0.441 e. The third kappa shape index (κ3) is 1.62. The van der Waals surface area contributed by atoms with Crippen molar-refractivity contribution >= 4 is 38.7 Å². The molecule has 0 fully saturated rings. The molecule has 3 rings (SSSR count). The molecule has 0 aromatic carbocycles. The quantitative estimate of drug-likeness (QED) is 0.746. The molecule has 3 aromatic heterocycles. The summed E-state index contributed by atoms with van der Waals surface area (Å²) < 4.78 is 6.16. The van der Waals surface area contributed by atoms with E-state index in [1.165, 1.54) is 0 Å². The van der Waals surface area contributed by atoms with Gasteiger partial charge in [-0.25, -0.2) is 9.97 Å². The molecule has 0 saturated heterocycles. The first-order valence-corrected chi connectivity index (χ1v) is 5.66. The zero-order valence-electron chi connectivity index (χ0n) is 7.87. The lowest BCUT2D eigenvalue weighted by atomic mass is 10.4. The van der Waals surface area contributed by atoms with Crippen LogP contribution < -0.4 is 0 Å². The van der Waals surface area contributed by atoms with Crippen LogP contribution in [0.5, 0.6) is 0 Å². The Balaban J connectivity index is 2.18. The van der Waals surface area contributed by atoms with E-state index in [9.17, 15) is 0 Å². The van der Waals surface area contributed by atoms with Crippen molar-refractivity contribution in [3.8, 4) is 11.6 Å². The van der Waals surface area contributed by atoms with Gasteiger partial charge in [-0.15, -0.1) is 0 Å². The molecule has 4 nitrogen and oxygen atoms in total. The molecule has 0 bridgehead atoms.